The van der Waals surface area contributed by atoms with Gasteiger partial charge in [-0.25, -0.2) is 4.98 Å². The molecule has 172 valence electrons. The number of aliphatic imine (C=N–C) groups is 1. The standard InChI is InChI=1S/C28H19IN2O2S2/c29-22-10-13-25(32)21(14-22)16-30-23-11-12-24-27(15-23)35-28(31-24)34-17-26(33)20-8-6-19(7-9-20)18-4-2-1-3-5-18/h1-16,32H,17H2. The van der Waals surface area contributed by atoms with E-state index in [9.17, 15) is 9.90 Å². The number of thioether (sulfide) groups is 1. The Hall–Kier alpha value is -3.01. The zero-order valence-corrected chi connectivity index (χ0v) is 22.2. The van der Waals surface area contributed by atoms with Crippen LogP contribution in [0.3, 0.4) is 0 Å². The van der Waals surface area contributed by atoms with Crippen molar-refractivity contribution in [2.75, 3.05) is 5.75 Å². The Bertz CT molecular complexity index is 1530. The number of nitrogens with zero attached hydrogens (tertiary/aromatic N) is 2. The van der Waals surface area contributed by atoms with Crippen LogP contribution in [0.5, 0.6) is 5.75 Å². The Morgan fingerprint density at radius 2 is 1.74 bits per heavy atom. The topological polar surface area (TPSA) is 62.5 Å². The Kier molecular flexibility index (Phi) is 7.26. The van der Waals surface area contributed by atoms with Gasteiger partial charge in [-0.05, 0) is 70.1 Å². The van der Waals surface area contributed by atoms with Crippen molar-refractivity contribution in [3.63, 3.8) is 0 Å². The second kappa shape index (κ2) is 10.7. The van der Waals surface area contributed by atoms with E-state index in [-0.39, 0.29) is 11.5 Å². The average Bonchev–Trinajstić information content (AvgIpc) is 3.30. The number of halogens is 1. The Balaban J connectivity index is 1.25. The van der Waals surface area contributed by atoms with Gasteiger partial charge in [-0.3, -0.25) is 9.79 Å². The number of aromatic nitrogens is 1. The summed E-state index contributed by atoms with van der Waals surface area (Å²) in [6.45, 7) is 0. The number of thiazole rings is 1. The summed E-state index contributed by atoms with van der Waals surface area (Å²) < 4.78 is 2.89. The number of ketones is 1. The largest absolute Gasteiger partial charge is 0.507 e. The molecule has 0 aliphatic carbocycles. The minimum Gasteiger partial charge on any atom is -0.507 e. The molecule has 0 unspecified atom stereocenters. The summed E-state index contributed by atoms with van der Waals surface area (Å²) in [5, 5.41) is 10.0. The van der Waals surface area contributed by atoms with E-state index < -0.39 is 0 Å². The van der Waals surface area contributed by atoms with Crippen LogP contribution in [0.4, 0.5) is 5.69 Å². The van der Waals surface area contributed by atoms with Crippen molar-refractivity contribution < 1.29 is 9.90 Å². The molecule has 1 aromatic heterocycles. The van der Waals surface area contributed by atoms with Gasteiger partial charge in [0.1, 0.15) is 5.75 Å². The van der Waals surface area contributed by atoms with Crippen LogP contribution in [-0.2, 0) is 0 Å². The number of carbonyl (C=O) groups is 1. The summed E-state index contributed by atoms with van der Waals surface area (Å²) in [6.07, 6.45) is 1.66. The normalized spacial score (nSPS) is 11.3. The molecule has 0 amide bonds. The predicted octanol–water partition coefficient (Wildman–Crippen LogP) is 8.00. The minimum absolute atomic E-state index is 0.0801. The summed E-state index contributed by atoms with van der Waals surface area (Å²) in [7, 11) is 0. The number of hydrogen-bond acceptors (Lipinski definition) is 6. The quantitative estimate of drug-likeness (QED) is 0.0883. The summed E-state index contributed by atoms with van der Waals surface area (Å²) in [4.78, 5) is 21.9. The minimum atomic E-state index is 0.0801. The van der Waals surface area contributed by atoms with Gasteiger partial charge in [0.25, 0.3) is 0 Å². The molecule has 4 nitrogen and oxygen atoms in total. The van der Waals surface area contributed by atoms with Gasteiger partial charge in [0.2, 0.25) is 0 Å². The number of aromatic hydroxyl groups is 1. The molecule has 1 N–H and O–H groups in total. The van der Waals surface area contributed by atoms with Crippen molar-refractivity contribution in [2.24, 2.45) is 4.99 Å². The van der Waals surface area contributed by atoms with Gasteiger partial charge in [-0.1, -0.05) is 66.4 Å². The maximum Gasteiger partial charge on any atom is 0.173 e. The number of benzene rings is 4. The first-order valence-corrected chi connectivity index (χ1v) is 13.7. The van der Waals surface area contributed by atoms with Gasteiger partial charge < -0.3 is 5.11 Å². The van der Waals surface area contributed by atoms with Gasteiger partial charge in [-0.2, -0.15) is 0 Å². The fourth-order valence-corrected chi connectivity index (χ4v) is 6.01. The van der Waals surface area contributed by atoms with Gasteiger partial charge in [0.15, 0.2) is 10.1 Å². The van der Waals surface area contributed by atoms with Gasteiger partial charge in [0, 0.05) is 20.9 Å². The molecule has 35 heavy (non-hydrogen) atoms. The van der Waals surface area contributed by atoms with Crippen molar-refractivity contribution in [1.29, 1.82) is 0 Å². The molecule has 0 bridgehead atoms. The Labute approximate surface area is 224 Å². The van der Waals surface area contributed by atoms with Gasteiger partial charge in [-0.15, -0.1) is 11.3 Å². The highest BCUT2D eigenvalue weighted by Crippen LogP contribution is 2.32. The monoisotopic (exact) mass is 606 g/mol. The van der Waals surface area contributed by atoms with Crippen LogP contribution < -0.4 is 0 Å². The molecule has 0 aliphatic heterocycles. The molecule has 0 saturated heterocycles. The fourth-order valence-electron chi connectivity index (χ4n) is 3.50. The van der Waals surface area contributed by atoms with Crippen LogP contribution in [0.2, 0.25) is 0 Å². The molecule has 0 spiro atoms. The second-order valence-electron chi connectivity index (χ2n) is 7.75. The average molecular weight is 607 g/mol. The number of hydrogen-bond donors (Lipinski definition) is 1. The lowest BCUT2D eigenvalue weighted by molar-refractivity contribution is 0.102. The van der Waals surface area contributed by atoms with Crippen molar-refractivity contribution in [2.45, 2.75) is 4.34 Å². The molecular formula is C28H19IN2O2S2. The van der Waals surface area contributed by atoms with Crippen molar-refractivity contribution in [3.05, 3.63) is 106 Å². The maximum absolute atomic E-state index is 12.7. The van der Waals surface area contributed by atoms with E-state index in [4.69, 9.17) is 0 Å². The van der Waals surface area contributed by atoms with Crippen LogP contribution in [-0.4, -0.2) is 27.8 Å². The van der Waals surface area contributed by atoms with Crippen LogP contribution in [0.1, 0.15) is 15.9 Å². The van der Waals surface area contributed by atoms with Crippen molar-refractivity contribution in [3.8, 4) is 16.9 Å². The summed E-state index contributed by atoms with van der Waals surface area (Å²) >= 11 is 5.21. The SMILES string of the molecule is O=C(CSc1nc2ccc(N=Cc3cc(I)ccc3O)cc2s1)c1ccc(-c2ccccc2)cc1. The number of phenolic OH excluding ortho intramolecular Hbond substituents is 1. The number of phenols is 1. The summed E-state index contributed by atoms with van der Waals surface area (Å²) in [6, 6.07) is 29.1. The lowest BCUT2D eigenvalue weighted by atomic mass is 10.0. The third-order valence-electron chi connectivity index (χ3n) is 5.34. The number of rotatable bonds is 7. The molecule has 0 radical (unpaired) electrons. The van der Waals surface area contributed by atoms with E-state index in [1.807, 2.05) is 72.8 Å². The zero-order valence-electron chi connectivity index (χ0n) is 18.4. The van der Waals surface area contributed by atoms with E-state index in [0.29, 0.717) is 16.9 Å². The highest BCUT2D eigenvalue weighted by atomic mass is 127. The molecule has 1 heterocycles. The number of fused-ring (bicyclic) bond motifs is 1. The summed E-state index contributed by atoms with van der Waals surface area (Å²) in [5.74, 6) is 0.615. The maximum atomic E-state index is 12.7. The molecule has 0 fully saturated rings. The van der Waals surface area contributed by atoms with Crippen LogP contribution in [0, 0.1) is 3.57 Å². The second-order valence-corrected chi connectivity index (χ2v) is 11.2. The summed E-state index contributed by atoms with van der Waals surface area (Å²) in [5.41, 5.74) is 5.27. The van der Waals surface area contributed by atoms with E-state index in [2.05, 4.69) is 44.7 Å². The lowest BCUT2D eigenvalue weighted by Gasteiger charge is -2.03. The highest BCUT2D eigenvalue weighted by molar-refractivity contribution is 14.1. The third-order valence-corrected chi connectivity index (χ3v) is 8.17. The smallest absolute Gasteiger partial charge is 0.173 e. The molecular weight excluding hydrogens is 587 g/mol. The molecule has 0 aliphatic rings. The van der Waals surface area contributed by atoms with E-state index in [1.54, 1.807) is 23.6 Å². The first-order valence-electron chi connectivity index (χ1n) is 10.8. The molecule has 0 saturated carbocycles. The Morgan fingerprint density at radius 3 is 2.54 bits per heavy atom. The highest BCUT2D eigenvalue weighted by Gasteiger charge is 2.11. The van der Waals surface area contributed by atoms with E-state index in [1.165, 1.54) is 11.8 Å². The lowest BCUT2D eigenvalue weighted by Crippen LogP contribution is -2.01. The van der Waals surface area contributed by atoms with Crippen molar-refractivity contribution in [1.82, 2.24) is 4.98 Å². The molecule has 5 rings (SSSR count). The van der Waals surface area contributed by atoms with Crippen LogP contribution in [0.25, 0.3) is 21.3 Å². The molecule has 0 atom stereocenters. The van der Waals surface area contributed by atoms with E-state index in [0.717, 1.165) is 34.9 Å². The molecule has 4 aromatic carbocycles. The molecule has 7 heteroatoms. The van der Waals surface area contributed by atoms with Gasteiger partial charge in [0.05, 0.1) is 21.7 Å². The first kappa shape index (κ1) is 23.7. The fraction of sp³-hybridized carbons (Fsp3) is 0.0357. The Morgan fingerprint density at radius 1 is 0.971 bits per heavy atom. The molecule has 5 aromatic rings. The first-order chi connectivity index (χ1) is 17.0. The van der Waals surface area contributed by atoms with Crippen LogP contribution in [0.15, 0.2) is 100 Å². The predicted molar refractivity (Wildman–Crippen MR) is 155 cm³/mol. The van der Waals surface area contributed by atoms with E-state index >= 15 is 0 Å². The number of Topliss-reactive ketones (excluding diaryl/α,β-unsaturated/α-hetero) is 1. The van der Waals surface area contributed by atoms with Gasteiger partial charge >= 0.3 is 0 Å². The van der Waals surface area contributed by atoms with Crippen molar-refractivity contribution >= 4 is 73.6 Å². The number of carbonyl (C=O) groups excluding carboxylic acids is 1. The van der Waals surface area contributed by atoms with Crippen LogP contribution >= 0.6 is 45.7 Å². The zero-order chi connectivity index (χ0) is 24.2. The third kappa shape index (κ3) is 5.80.